The lowest BCUT2D eigenvalue weighted by Gasteiger charge is -2.35. The molecule has 0 saturated carbocycles. The Morgan fingerprint density at radius 3 is 2.29 bits per heavy atom. The summed E-state index contributed by atoms with van der Waals surface area (Å²) in [6.07, 6.45) is -5.81. The van der Waals surface area contributed by atoms with Gasteiger partial charge in [-0.15, -0.1) is 0 Å². The molecule has 0 atom stereocenters. The molecule has 2 aliphatic heterocycles. The number of aromatic nitrogens is 2. The highest BCUT2D eigenvalue weighted by molar-refractivity contribution is 7.89. The molecule has 3 heterocycles. The predicted molar refractivity (Wildman–Crippen MR) is 98.0 cm³/mol. The summed E-state index contributed by atoms with van der Waals surface area (Å²) in [6.45, 7) is 5.50. The Labute approximate surface area is 162 Å². The molecule has 28 heavy (non-hydrogen) atoms. The number of piperazine rings is 1. The highest BCUT2D eigenvalue weighted by Gasteiger charge is 2.34. The SMILES string of the molecule is Cc1cc(N2CCN(S(=O)(=O)CCC(F)(F)F)CC2)nc(N2CCOCC2)n1. The molecule has 2 saturated heterocycles. The molecule has 0 spiro atoms. The minimum atomic E-state index is -4.48. The van der Waals surface area contributed by atoms with Crippen molar-refractivity contribution in [1.82, 2.24) is 14.3 Å². The summed E-state index contributed by atoms with van der Waals surface area (Å²) < 4.78 is 67.8. The van der Waals surface area contributed by atoms with E-state index in [0.717, 1.165) is 10.00 Å². The first kappa shape index (κ1) is 21.1. The minimum absolute atomic E-state index is 0.135. The average molecular weight is 423 g/mol. The summed E-state index contributed by atoms with van der Waals surface area (Å²) in [5, 5.41) is 0. The lowest BCUT2D eigenvalue weighted by molar-refractivity contribution is -0.130. The van der Waals surface area contributed by atoms with Gasteiger partial charge in [-0.05, 0) is 6.92 Å². The van der Waals surface area contributed by atoms with Gasteiger partial charge in [-0.25, -0.2) is 13.4 Å². The van der Waals surface area contributed by atoms with Crippen molar-refractivity contribution in [1.29, 1.82) is 0 Å². The van der Waals surface area contributed by atoms with Crippen LogP contribution < -0.4 is 9.80 Å². The number of hydrogen-bond acceptors (Lipinski definition) is 7. The first-order chi connectivity index (χ1) is 13.1. The zero-order valence-corrected chi connectivity index (χ0v) is 16.5. The lowest BCUT2D eigenvalue weighted by atomic mass is 10.3. The third kappa shape index (κ3) is 5.45. The third-order valence-electron chi connectivity index (χ3n) is 4.72. The molecule has 0 bridgehead atoms. The molecule has 158 valence electrons. The molecule has 2 aliphatic rings. The number of aryl methyl sites for hydroxylation is 1. The molecule has 0 unspecified atom stereocenters. The van der Waals surface area contributed by atoms with Gasteiger partial charge in [-0.2, -0.15) is 22.5 Å². The van der Waals surface area contributed by atoms with Crippen molar-refractivity contribution in [3.63, 3.8) is 0 Å². The molecule has 0 radical (unpaired) electrons. The van der Waals surface area contributed by atoms with E-state index in [9.17, 15) is 21.6 Å². The molecule has 1 aromatic rings. The van der Waals surface area contributed by atoms with Crippen molar-refractivity contribution in [2.45, 2.75) is 19.5 Å². The highest BCUT2D eigenvalue weighted by atomic mass is 32.2. The van der Waals surface area contributed by atoms with Gasteiger partial charge in [0.2, 0.25) is 16.0 Å². The number of sulfonamides is 1. The zero-order valence-electron chi connectivity index (χ0n) is 15.7. The third-order valence-corrected chi connectivity index (χ3v) is 6.59. The van der Waals surface area contributed by atoms with Crippen LogP contribution in [0.2, 0.25) is 0 Å². The Kier molecular flexibility index (Phi) is 6.30. The number of anilines is 2. The van der Waals surface area contributed by atoms with Gasteiger partial charge in [0.25, 0.3) is 0 Å². The van der Waals surface area contributed by atoms with Gasteiger partial charge in [0.05, 0.1) is 25.4 Å². The van der Waals surface area contributed by atoms with Crippen LogP contribution in [0.25, 0.3) is 0 Å². The second-order valence-corrected chi connectivity index (χ2v) is 8.92. The molecule has 8 nitrogen and oxygen atoms in total. The Bertz CT molecular complexity index is 776. The van der Waals surface area contributed by atoms with E-state index in [4.69, 9.17) is 4.74 Å². The maximum atomic E-state index is 12.3. The van der Waals surface area contributed by atoms with Crippen molar-refractivity contribution in [2.75, 3.05) is 68.0 Å². The summed E-state index contributed by atoms with van der Waals surface area (Å²) in [5.74, 6) is 0.393. The van der Waals surface area contributed by atoms with Crippen LogP contribution in [0.15, 0.2) is 6.07 Å². The number of hydrogen-bond donors (Lipinski definition) is 0. The zero-order chi connectivity index (χ0) is 20.4. The van der Waals surface area contributed by atoms with Crippen molar-refractivity contribution < 1.29 is 26.3 Å². The van der Waals surface area contributed by atoms with E-state index < -0.39 is 28.4 Å². The van der Waals surface area contributed by atoms with Crippen LogP contribution in [-0.4, -0.2) is 87.1 Å². The van der Waals surface area contributed by atoms with E-state index in [1.54, 1.807) is 0 Å². The standard InChI is InChI=1S/C16H24F3N5O3S/c1-13-12-14(21-15(20-13)23-7-9-27-10-8-23)22-3-5-24(6-4-22)28(25,26)11-2-16(17,18)19/h12H,2-11H2,1H3. The van der Waals surface area contributed by atoms with Crippen LogP contribution in [0.4, 0.5) is 24.9 Å². The van der Waals surface area contributed by atoms with Crippen LogP contribution in [0, 0.1) is 6.92 Å². The maximum Gasteiger partial charge on any atom is 0.390 e. The van der Waals surface area contributed by atoms with Gasteiger partial charge in [0, 0.05) is 51.0 Å². The molecule has 0 N–H and O–H groups in total. The molecule has 0 amide bonds. The van der Waals surface area contributed by atoms with Gasteiger partial charge in [0.15, 0.2) is 0 Å². The average Bonchev–Trinajstić information content (AvgIpc) is 2.66. The van der Waals surface area contributed by atoms with Crippen LogP contribution in [0.5, 0.6) is 0 Å². The topological polar surface area (TPSA) is 78.9 Å². The van der Waals surface area contributed by atoms with Crippen molar-refractivity contribution in [3.05, 3.63) is 11.8 Å². The fourth-order valence-electron chi connectivity index (χ4n) is 3.17. The monoisotopic (exact) mass is 423 g/mol. The van der Waals surface area contributed by atoms with Gasteiger partial charge < -0.3 is 14.5 Å². The van der Waals surface area contributed by atoms with E-state index in [2.05, 4.69) is 9.97 Å². The highest BCUT2D eigenvalue weighted by Crippen LogP contribution is 2.23. The Morgan fingerprint density at radius 2 is 1.68 bits per heavy atom. The van der Waals surface area contributed by atoms with Crippen LogP contribution in [0.1, 0.15) is 12.1 Å². The number of morpholine rings is 1. The van der Waals surface area contributed by atoms with Gasteiger partial charge in [-0.1, -0.05) is 0 Å². The molecular weight excluding hydrogens is 399 g/mol. The first-order valence-electron chi connectivity index (χ1n) is 9.12. The second kappa shape index (κ2) is 8.37. The first-order valence-corrected chi connectivity index (χ1v) is 10.7. The van der Waals surface area contributed by atoms with Gasteiger partial charge in [0.1, 0.15) is 5.82 Å². The molecule has 2 fully saturated rings. The molecule has 0 aromatic carbocycles. The van der Waals surface area contributed by atoms with E-state index in [0.29, 0.717) is 51.2 Å². The van der Waals surface area contributed by atoms with Crippen molar-refractivity contribution in [2.24, 2.45) is 0 Å². The summed E-state index contributed by atoms with van der Waals surface area (Å²) >= 11 is 0. The smallest absolute Gasteiger partial charge is 0.378 e. The number of rotatable bonds is 5. The Balaban J connectivity index is 1.64. The number of alkyl halides is 3. The number of ether oxygens (including phenoxy) is 1. The largest absolute Gasteiger partial charge is 0.390 e. The van der Waals surface area contributed by atoms with Gasteiger partial charge >= 0.3 is 6.18 Å². The minimum Gasteiger partial charge on any atom is -0.378 e. The summed E-state index contributed by atoms with van der Waals surface area (Å²) in [6, 6.07) is 1.83. The molecule has 1 aromatic heterocycles. The molecule has 0 aliphatic carbocycles. The normalized spacial score (nSPS) is 19.9. The van der Waals surface area contributed by atoms with Crippen molar-refractivity contribution in [3.8, 4) is 0 Å². The fourth-order valence-corrected chi connectivity index (χ4v) is 4.64. The number of nitrogens with zero attached hydrogens (tertiary/aromatic N) is 5. The lowest BCUT2D eigenvalue weighted by Crippen LogP contribution is -2.50. The van der Waals surface area contributed by atoms with Crippen LogP contribution in [0.3, 0.4) is 0 Å². The van der Waals surface area contributed by atoms with E-state index in [1.165, 1.54) is 0 Å². The summed E-state index contributed by atoms with van der Waals surface area (Å²) in [5.41, 5.74) is 0.798. The summed E-state index contributed by atoms with van der Waals surface area (Å²) in [7, 11) is -3.92. The molecule has 12 heteroatoms. The number of halogens is 3. The molecule has 3 rings (SSSR count). The van der Waals surface area contributed by atoms with Crippen LogP contribution in [-0.2, 0) is 14.8 Å². The quantitative estimate of drug-likeness (QED) is 0.700. The second-order valence-electron chi connectivity index (χ2n) is 6.83. The van der Waals surface area contributed by atoms with E-state index in [1.807, 2.05) is 22.8 Å². The van der Waals surface area contributed by atoms with Crippen LogP contribution >= 0.6 is 0 Å². The van der Waals surface area contributed by atoms with Gasteiger partial charge in [-0.3, -0.25) is 0 Å². The summed E-state index contributed by atoms with van der Waals surface area (Å²) in [4.78, 5) is 13.1. The van der Waals surface area contributed by atoms with E-state index >= 15 is 0 Å². The van der Waals surface area contributed by atoms with E-state index in [-0.39, 0.29) is 13.1 Å². The predicted octanol–water partition coefficient (Wildman–Crippen LogP) is 1.03. The fraction of sp³-hybridized carbons (Fsp3) is 0.750. The maximum absolute atomic E-state index is 12.3. The van der Waals surface area contributed by atoms with Crippen molar-refractivity contribution >= 4 is 21.8 Å². The Hall–Kier alpha value is -1.66. The molecular formula is C16H24F3N5O3S. The Morgan fingerprint density at radius 1 is 1.04 bits per heavy atom.